The van der Waals surface area contributed by atoms with Gasteiger partial charge in [0.15, 0.2) is 0 Å². The predicted octanol–water partition coefficient (Wildman–Crippen LogP) is 0.452. The molecule has 0 bridgehead atoms. The standard InChI is InChI=1S/C7H7N3/c1-2-8-5-7-6(1)9-3-4-10-7/h3-5H,1-2H2. The highest BCUT2D eigenvalue weighted by atomic mass is 14.8. The number of hydrogen-bond acceptors (Lipinski definition) is 3. The molecule has 0 amide bonds. The maximum absolute atomic E-state index is 4.17. The molecular formula is C7H7N3. The van der Waals surface area contributed by atoms with E-state index in [1.165, 1.54) is 0 Å². The van der Waals surface area contributed by atoms with E-state index < -0.39 is 0 Å². The first-order valence-electron chi connectivity index (χ1n) is 3.26. The highest BCUT2D eigenvalue weighted by molar-refractivity contribution is 5.79. The molecule has 0 spiro atoms. The van der Waals surface area contributed by atoms with Crippen LogP contribution in [0.3, 0.4) is 0 Å². The Bertz CT molecular complexity index is 267. The van der Waals surface area contributed by atoms with Crippen LogP contribution in [0.15, 0.2) is 17.4 Å². The summed E-state index contributed by atoms with van der Waals surface area (Å²) in [6.07, 6.45) is 6.12. The Morgan fingerprint density at radius 1 is 1.20 bits per heavy atom. The van der Waals surface area contributed by atoms with Crippen LogP contribution in [0.1, 0.15) is 11.4 Å². The minimum Gasteiger partial charge on any atom is -0.290 e. The van der Waals surface area contributed by atoms with Gasteiger partial charge < -0.3 is 0 Å². The van der Waals surface area contributed by atoms with Crippen molar-refractivity contribution in [3.63, 3.8) is 0 Å². The van der Waals surface area contributed by atoms with Gasteiger partial charge in [-0.25, -0.2) is 0 Å². The SMILES string of the molecule is C1=NCCc2nccnc21. The van der Waals surface area contributed by atoms with Crippen LogP contribution in [0.2, 0.25) is 0 Å². The maximum atomic E-state index is 4.17. The number of rotatable bonds is 0. The molecule has 1 aromatic heterocycles. The van der Waals surface area contributed by atoms with E-state index in [2.05, 4.69) is 15.0 Å². The Kier molecular flexibility index (Phi) is 1.20. The molecule has 2 rings (SSSR count). The van der Waals surface area contributed by atoms with E-state index >= 15 is 0 Å². The van der Waals surface area contributed by atoms with Gasteiger partial charge in [-0.15, -0.1) is 0 Å². The molecule has 3 heteroatoms. The summed E-state index contributed by atoms with van der Waals surface area (Å²) in [6.45, 7) is 0.853. The van der Waals surface area contributed by atoms with Crippen molar-refractivity contribution in [3.05, 3.63) is 23.8 Å². The lowest BCUT2D eigenvalue weighted by atomic mass is 10.2. The largest absolute Gasteiger partial charge is 0.290 e. The van der Waals surface area contributed by atoms with E-state index in [1.54, 1.807) is 18.6 Å². The molecule has 50 valence electrons. The van der Waals surface area contributed by atoms with Crippen LogP contribution in [0.25, 0.3) is 0 Å². The second-order valence-electron chi connectivity index (χ2n) is 2.17. The zero-order valence-electron chi connectivity index (χ0n) is 5.49. The first-order valence-corrected chi connectivity index (χ1v) is 3.26. The molecule has 0 atom stereocenters. The topological polar surface area (TPSA) is 38.1 Å². The monoisotopic (exact) mass is 133 g/mol. The average molecular weight is 133 g/mol. The third kappa shape index (κ3) is 0.795. The lowest BCUT2D eigenvalue weighted by Crippen LogP contribution is -2.06. The fourth-order valence-corrected chi connectivity index (χ4v) is 1.000. The van der Waals surface area contributed by atoms with Gasteiger partial charge in [0.1, 0.15) is 5.69 Å². The quantitative estimate of drug-likeness (QED) is 0.515. The fourth-order valence-electron chi connectivity index (χ4n) is 1.000. The Hall–Kier alpha value is -1.25. The van der Waals surface area contributed by atoms with E-state index in [1.807, 2.05) is 0 Å². The van der Waals surface area contributed by atoms with Crippen molar-refractivity contribution in [3.8, 4) is 0 Å². The highest BCUT2D eigenvalue weighted by Gasteiger charge is 2.04. The summed E-state index contributed by atoms with van der Waals surface area (Å²) in [5.41, 5.74) is 1.99. The summed E-state index contributed by atoms with van der Waals surface area (Å²) < 4.78 is 0. The van der Waals surface area contributed by atoms with Crippen molar-refractivity contribution in [1.82, 2.24) is 9.97 Å². The lowest BCUT2D eigenvalue weighted by Gasteiger charge is -2.04. The van der Waals surface area contributed by atoms with Gasteiger partial charge in [0, 0.05) is 31.6 Å². The Morgan fingerprint density at radius 2 is 2.10 bits per heavy atom. The molecule has 0 N–H and O–H groups in total. The molecule has 1 aliphatic rings. The number of aliphatic imine (C=N–C) groups is 1. The molecule has 2 heterocycles. The van der Waals surface area contributed by atoms with Crippen LogP contribution in [-0.2, 0) is 6.42 Å². The van der Waals surface area contributed by atoms with Crippen molar-refractivity contribution in [1.29, 1.82) is 0 Å². The second-order valence-corrected chi connectivity index (χ2v) is 2.17. The van der Waals surface area contributed by atoms with Crippen molar-refractivity contribution in [2.24, 2.45) is 4.99 Å². The normalized spacial score (nSPS) is 14.8. The molecule has 0 aliphatic carbocycles. The smallest absolute Gasteiger partial charge is 0.102 e. The van der Waals surface area contributed by atoms with Crippen LogP contribution in [0, 0.1) is 0 Å². The fraction of sp³-hybridized carbons (Fsp3) is 0.286. The average Bonchev–Trinajstić information content (AvgIpc) is 2.05. The number of aromatic nitrogens is 2. The van der Waals surface area contributed by atoms with Gasteiger partial charge in [-0.05, 0) is 0 Å². The van der Waals surface area contributed by atoms with Crippen LogP contribution >= 0.6 is 0 Å². The Labute approximate surface area is 58.9 Å². The summed E-state index contributed by atoms with van der Waals surface area (Å²) in [4.78, 5) is 12.4. The summed E-state index contributed by atoms with van der Waals surface area (Å²) >= 11 is 0. The third-order valence-electron chi connectivity index (χ3n) is 1.50. The summed E-state index contributed by atoms with van der Waals surface area (Å²) in [7, 11) is 0. The third-order valence-corrected chi connectivity index (χ3v) is 1.50. The van der Waals surface area contributed by atoms with Crippen LogP contribution < -0.4 is 0 Å². The van der Waals surface area contributed by atoms with Gasteiger partial charge in [0.25, 0.3) is 0 Å². The molecular weight excluding hydrogens is 126 g/mol. The van der Waals surface area contributed by atoms with Gasteiger partial charge in [-0.1, -0.05) is 0 Å². The van der Waals surface area contributed by atoms with E-state index in [0.717, 1.165) is 24.4 Å². The van der Waals surface area contributed by atoms with Gasteiger partial charge >= 0.3 is 0 Å². The minimum absolute atomic E-state index is 0.853. The van der Waals surface area contributed by atoms with Crippen LogP contribution in [-0.4, -0.2) is 22.7 Å². The minimum atomic E-state index is 0.853. The van der Waals surface area contributed by atoms with Crippen molar-refractivity contribution >= 4 is 6.21 Å². The van der Waals surface area contributed by atoms with Crippen LogP contribution in [0.5, 0.6) is 0 Å². The van der Waals surface area contributed by atoms with E-state index in [9.17, 15) is 0 Å². The highest BCUT2D eigenvalue weighted by Crippen LogP contribution is 2.03. The molecule has 0 fully saturated rings. The molecule has 0 saturated heterocycles. The molecule has 0 aromatic carbocycles. The number of hydrogen-bond donors (Lipinski definition) is 0. The first-order chi connectivity index (χ1) is 4.97. The summed E-state index contributed by atoms with van der Waals surface area (Å²) in [5.74, 6) is 0. The number of nitrogens with zero attached hydrogens (tertiary/aromatic N) is 3. The predicted molar refractivity (Wildman–Crippen MR) is 38.2 cm³/mol. The molecule has 10 heavy (non-hydrogen) atoms. The van der Waals surface area contributed by atoms with Crippen LogP contribution in [0.4, 0.5) is 0 Å². The molecule has 0 unspecified atom stereocenters. The van der Waals surface area contributed by atoms with E-state index in [4.69, 9.17) is 0 Å². The number of fused-ring (bicyclic) bond motifs is 1. The van der Waals surface area contributed by atoms with Gasteiger partial charge in [-0.3, -0.25) is 15.0 Å². The molecule has 0 saturated carbocycles. The lowest BCUT2D eigenvalue weighted by molar-refractivity contribution is 0.885. The van der Waals surface area contributed by atoms with Gasteiger partial charge in [0.05, 0.1) is 5.69 Å². The molecule has 3 nitrogen and oxygen atoms in total. The Balaban J connectivity index is 2.54. The van der Waals surface area contributed by atoms with Crippen molar-refractivity contribution in [2.75, 3.05) is 6.54 Å². The maximum Gasteiger partial charge on any atom is 0.102 e. The van der Waals surface area contributed by atoms with Gasteiger partial charge in [-0.2, -0.15) is 0 Å². The van der Waals surface area contributed by atoms with E-state index in [-0.39, 0.29) is 0 Å². The zero-order valence-corrected chi connectivity index (χ0v) is 5.49. The summed E-state index contributed by atoms with van der Waals surface area (Å²) in [5, 5.41) is 0. The van der Waals surface area contributed by atoms with Gasteiger partial charge in [0.2, 0.25) is 0 Å². The molecule has 1 aromatic rings. The Morgan fingerprint density at radius 3 is 3.00 bits per heavy atom. The van der Waals surface area contributed by atoms with E-state index in [0.29, 0.717) is 0 Å². The summed E-state index contributed by atoms with van der Waals surface area (Å²) in [6, 6.07) is 0. The van der Waals surface area contributed by atoms with Crippen molar-refractivity contribution in [2.45, 2.75) is 6.42 Å². The van der Waals surface area contributed by atoms with Crippen molar-refractivity contribution < 1.29 is 0 Å². The first kappa shape index (κ1) is 5.53. The second kappa shape index (κ2) is 2.17. The molecule has 1 aliphatic heterocycles. The molecule has 0 radical (unpaired) electrons. The zero-order chi connectivity index (χ0) is 6.81.